The summed E-state index contributed by atoms with van der Waals surface area (Å²) in [5, 5.41) is 0.482. The SMILES string of the molecule is NCC(c1ccc(F)cc1Cl)N1CCC(N2CCCC2)C1. The average Bonchev–Trinajstić information content (AvgIpc) is 3.12. The van der Waals surface area contributed by atoms with E-state index in [9.17, 15) is 4.39 Å². The summed E-state index contributed by atoms with van der Waals surface area (Å²) in [7, 11) is 0. The van der Waals surface area contributed by atoms with Crippen molar-refractivity contribution in [1.82, 2.24) is 9.80 Å². The van der Waals surface area contributed by atoms with Crippen molar-refractivity contribution in [2.24, 2.45) is 5.73 Å². The van der Waals surface area contributed by atoms with Gasteiger partial charge in [0, 0.05) is 36.7 Å². The van der Waals surface area contributed by atoms with Gasteiger partial charge in [-0.15, -0.1) is 0 Å². The lowest BCUT2D eigenvalue weighted by Gasteiger charge is -2.29. The number of hydrogen-bond donors (Lipinski definition) is 1. The minimum absolute atomic E-state index is 0.0886. The number of nitrogens with zero attached hydrogens (tertiary/aromatic N) is 2. The third-order valence-corrected chi connectivity index (χ3v) is 5.16. The predicted molar refractivity (Wildman–Crippen MR) is 84.0 cm³/mol. The standard InChI is InChI=1S/C16H23ClFN3/c17-15-9-12(18)3-4-14(15)16(10-19)21-8-5-13(11-21)20-6-1-2-7-20/h3-4,9,13,16H,1-2,5-8,10-11,19H2. The highest BCUT2D eigenvalue weighted by atomic mass is 35.5. The minimum Gasteiger partial charge on any atom is -0.329 e. The number of halogens is 2. The van der Waals surface area contributed by atoms with Gasteiger partial charge in [-0.1, -0.05) is 17.7 Å². The van der Waals surface area contributed by atoms with Crippen molar-refractivity contribution in [2.75, 3.05) is 32.7 Å². The molecule has 0 aromatic heterocycles. The van der Waals surface area contributed by atoms with Gasteiger partial charge in [-0.2, -0.15) is 0 Å². The highest BCUT2D eigenvalue weighted by Gasteiger charge is 2.33. The van der Waals surface area contributed by atoms with Gasteiger partial charge in [0.1, 0.15) is 5.82 Å². The fourth-order valence-corrected chi connectivity index (χ4v) is 3.99. The summed E-state index contributed by atoms with van der Waals surface area (Å²) in [6.45, 7) is 5.04. The van der Waals surface area contributed by atoms with Crippen LogP contribution < -0.4 is 5.73 Å². The number of benzene rings is 1. The number of rotatable bonds is 4. The Hall–Kier alpha value is -0.680. The van der Waals surface area contributed by atoms with Gasteiger partial charge in [0.15, 0.2) is 0 Å². The topological polar surface area (TPSA) is 32.5 Å². The third-order valence-electron chi connectivity index (χ3n) is 4.84. The van der Waals surface area contributed by atoms with E-state index < -0.39 is 0 Å². The molecule has 1 aromatic rings. The highest BCUT2D eigenvalue weighted by Crippen LogP contribution is 2.31. The second kappa shape index (κ2) is 6.61. The molecular formula is C16H23ClFN3. The monoisotopic (exact) mass is 311 g/mol. The van der Waals surface area contributed by atoms with Crippen LogP contribution in [0.4, 0.5) is 4.39 Å². The van der Waals surface area contributed by atoms with E-state index in [-0.39, 0.29) is 11.9 Å². The van der Waals surface area contributed by atoms with Crippen molar-refractivity contribution >= 4 is 11.6 Å². The largest absolute Gasteiger partial charge is 0.329 e. The zero-order valence-corrected chi connectivity index (χ0v) is 13.0. The fraction of sp³-hybridized carbons (Fsp3) is 0.625. The molecule has 0 saturated carbocycles. The van der Waals surface area contributed by atoms with Crippen LogP contribution in [0.1, 0.15) is 30.9 Å². The predicted octanol–water partition coefficient (Wildman–Crippen LogP) is 2.65. The molecule has 2 unspecified atom stereocenters. The van der Waals surface area contributed by atoms with E-state index in [0.717, 1.165) is 18.7 Å². The summed E-state index contributed by atoms with van der Waals surface area (Å²) >= 11 is 6.21. The van der Waals surface area contributed by atoms with Crippen LogP contribution in [-0.2, 0) is 0 Å². The Morgan fingerprint density at radius 1 is 1.29 bits per heavy atom. The van der Waals surface area contributed by atoms with Crippen molar-refractivity contribution in [3.8, 4) is 0 Å². The van der Waals surface area contributed by atoms with Gasteiger partial charge < -0.3 is 5.73 Å². The molecule has 2 atom stereocenters. The van der Waals surface area contributed by atoms with Crippen molar-refractivity contribution in [3.63, 3.8) is 0 Å². The first kappa shape index (κ1) is 15.2. The van der Waals surface area contributed by atoms with E-state index in [0.29, 0.717) is 17.6 Å². The Morgan fingerprint density at radius 2 is 2.05 bits per heavy atom. The normalized spacial score (nSPS) is 25.6. The Kier molecular flexibility index (Phi) is 4.79. The highest BCUT2D eigenvalue weighted by molar-refractivity contribution is 6.31. The maximum absolute atomic E-state index is 13.2. The van der Waals surface area contributed by atoms with Crippen LogP contribution in [0.15, 0.2) is 18.2 Å². The molecule has 2 heterocycles. The number of likely N-dealkylation sites (tertiary alicyclic amines) is 2. The van der Waals surface area contributed by atoms with Crippen LogP contribution in [0.25, 0.3) is 0 Å². The van der Waals surface area contributed by atoms with E-state index in [1.165, 1.54) is 44.5 Å². The van der Waals surface area contributed by atoms with E-state index >= 15 is 0 Å². The van der Waals surface area contributed by atoms with Gasteiger partial charge in [0.05, 0.1) is 0 Å². The van der Waals surface area contributed by atoms with Gasteiger partial charge in [0.2, 0.25) is 0 Å². The molecule has 0 spiro atoms. The molecule has 0 aliphatic carbocycles. The third kappa shape index (κ3) is 3.24. The maximum atomic E-state index is 13.2. The van der Waals surface area contributed by atoms with E-state index in [4.69, 9.17) is 17.3 Å². The van der Waals surface area contributed by atoms with Crippen LogP contribution in [0.5, 0.6) is 0 Å². The molecule has 0 amide bonds. The number of hydrogen-bond acceptors (Lipinski definition) is 3. The molecule has 5 heteroatoms. The van der Waals surface area contributed by atoms with Gasteiger partial charge in [-0.25, -0.2) is 4.39 Å². The van der Waals surface area contributed by atoms with Gasteiger partial charge in [-0.05, 0) is 50.0 Å². The van der Waals surface area contributed by atoms with Crippen molar-refractivity contribution in [1.29, 1.82) is 0 Å². The molecule has 21 heavy (non-hydrogen) atoms. The van der Waals surface area contributed by atoms with Crippen LogP contribution in [0.3, 0.4) is 0 Å². The molecule has 2 aliphatic heterocycles. The van der Waals surface area contributed by atoms with Crippen LogP contribution in [0, 0.1) is 5.82 Å². The summed E-state index contributed by atoms with van der Waals surface area (Å²) in [6, 6.07) is 5.36. The van der Waals surface area contributed by atoms with Gasteiger partial charge in [-0.3, -0.25) is 9.80 Å². The Balaban J connectivity index is 1.72. The van der Waals surface area contributed by atoms with Gasteiger partial charge >= 0.3 is 0 Å². The Morgan fingerprint density at radius 3 is 2.71 bits per heavy atom. The molecule has 1 aromatic carbocycles. The van der Waals surface area contributed by atoms with Crippen LogP contribution in [0.2, 0.25) is 5.02 Å². The summed E-state index contributed by atoms with van der Waals surface area (Å²) in [6.07, 6.45) is 3.83. The molecule has 3 rings (SSSR count). The lowest BCUT2D eigenvalue weighted by atomic mass is 10.1. The van der Waals surface area contributed by atoms with Crippen molar-refractivity contribution in [2.45, 2.75) is 31.3 Å². The second-order valence-corrected chi connectivity index (χ2v) is 6.51. The van der Waals surface area contributed by atoms with Crippen LogP contribution >= 0.6 is 11.6 Å². The Bertz CT molecular complexity index is 490. The van der Waals surface area contributed by atoms with Crippen LogP contribution in [-0.4, -0.2) is 48.6 Å². The molecule has 2 saturated heterocycles. The maximum Gasteiger partial charge on any atom is 0.124 e. The smallest absolute Gasteiger partial charge is 0.124 e. The number of nitrogens with two attached hydrogens (primary N) is 1. The first-order valence-electron chi connectivity index (χ1n) is 7.82. The molecular weight excluding hydrogens is 289 g/mol. The molecule has 2 aliphatic rings. The average molecular weight is 312 g/mol. The summed E-state index contributed by atoms with van der Waals surface area (Å²) in [4.78, 5) is 5.00. The molecule has 2 N–H and O–H groups in total. The molecule has 116 valence electrons. The van der Waals surface area contributed by atoms with E-state index in [1.54, 1.807) is 6.07 Å². The minimum atomic E-state index is -0.295. The fourth-order valence-electron chi connectivity index (χ4n) is 3.70. The summed E-state index contributed by atoms with van der Waals surface area (Å²) in [5.41, 5.74) is 6.93. The molecule has 0 radical (unpaired) electrons. The second-order valence-electron chi connectivity index (χ2n) is 6.10. The zero-order chi connectivity index (χ0) is 14.8. The van der Waals surface area contributed by atoms with E-state index in [1.807, 2.05) is 0 Å². The molecule has 3 nitrogen and oxygen atoms in total. The van der Waals surface area contributed by atoms with E-state index in [2.05, 4.69) is 9.80 Å². The van der Waals surface area contributed by atoms with Crippen molar-refractivity contribution < 1.29 is 4.39 Å². The quantitative estimate of drug-likeness (QED) is 0.928. The molecule has 2 fully saturated rings. The van der Waals surface area contributed by atoms with Crippen molar-refractivity contribution in [3.05, 3.63) is 34.6 Å². The molecule has 0 bridgehead atoms. The first-order chi connectivity index (χ1) is 10.2. The summed E-state index contributed by atoms with van der Waals surface area (Å²) < 4.78 is 13.2. The van der Waals surface area contributed by atoms with Gasteiger partial charge in [0.25, 0.3) is 0 Å². The first-order valence-corrected chi connectivity index (χ1v) is 8.20. The lowest BCUT2D eigenvalue weighted by molar-refractivity contribution is 0.203. The summed E-state index contributed by atoms with van der Waals surface area (Å²) in [5.74, 6) is -0.295. The Labute approximate surface area is 130 Å². The lowest BCUT2D eigenvalue weighted by Crippen LogP contribution is -2.38. The zero-order valence-electron chi connectivity index (χ0n) is 12.3.